The van der Waals surface area contributed by atoms with Crippen LogP contribution in [0.1, 0.15) is 32.6 Å². The van der Waals surface area contributed by atoms with E-state index >= 15 is 0 Å². The molecule has 8 heteroatoms. The van der Waals surface area contributed by atoms with Gasteiger partial charge in [0.1, 0.15) is 0 Å². The summed E-state index contributed by atoms with van der Waals surface area (Å²) in [7, 11) is -4.97. The van der Waals surface area contributed by atoms with Crippen molar-refractivity contribution < 1.29 is 22.0 Å². The molecule has 1 aliphatic carbocycles. The molecule has 6 nitrogen and oxygen atoms in total. The highest BCUT2D eigenvalue weighted by Gasteiger charge is 2.28. The highest BCUT2D eigenvalue weighted by Crippen LogP contribution is 2.15. The van der Waals surface area contributed by atoms with Crippen LogP contribution in [-0.4, -0.2) is 32.3 Å². The molecule has 1 aliphatic rings. The van der Waals surface area contributed by atoms with Crippen LogP contribution in [0, 0.1) is 11.1 Å². The molecule has 0 bridgehead atoms. The molecule has 0 aromatic heterocycles. The lowest BCUT2D eigenvalue weighted by Gasteiger charge is -2.16. The second-order valence-corrected chi connectivity index (χ2v) is 6.13. The number of nitrogens with one attached hydrogen (secondary N) is 1. The number of hydrogen-bond acceptors (Lipinski definition) is 5. The summed E-state index contributed by atoms with van der Waals surface area (Å²) in [6.45, 7) is 1.96. The minimum atomic E-state index is -2.53. The van der Waals surface area contributed by atoms with Gasteiger partial charge in [0.15, 0.2) is 5.71 Å². The molecule has 106 valence electrons. The zero-order valence-electron chi connectivity index (χ0n) is 10.4. The third-order valence-electron chi connectivity index (χ3n) is 2.90. The summed E-state index contributed by atoms with van der Waals surface area (Å²) >= 11 is 0. The van der Waals surface area contributed by atoms with Crippen LogP contribution in [0.2, 0.25) is 0 Å². The van der Waals surface area contributed by atoms with Crippen molar-refractivity contribution in [2.75, 3.05) is 0 Å². The van der Waals surface area contributed by atoms with Crippen molar-refractivity contribution in [1.29, 1.82) is 0 Å². The van der Waals surface area contributed by atoms with E-state index < -0.39 is 26.5 Å². The lowest BCUT2D eigenvalue weighted by atomic mass is 9.89. The molecule has 0 spiro atoms. The lowest BCUT2D eigenvalue weighted by molar-refractivity contribution is -0.377. The Labute approximate surface area is 114 Å². The van der Waals surface area contributed by atoms with Gasteiger partial charge in [-0.25, -0.2) is 5.16 Å². The van der Waals surface area contributed by atoms with Crippen LogP contribution in [0.15, 0.2) is 12.2 Å². The average molecular weight is 305 g/mol. The summed E-state index contributed by atoms with van der Waals surface area (Å²) in [6.07, 6.45) is 4.72. The highest BCUT2D eigenvalue weighted by atomic mass is 32.2. The second kappa shape index (κ2) is 7.25. The molecule has 0 saturated heterocycles. The molecule has 1 unspecified atom stereocenters. The first kappa shape index (κ1) is 15.6. The number of unbranched alkanes of at least 4 members (excludes halogenated alkanes) is 1. The molecule has 0 amide bonds. The van der Waals surface area contributed by atoms with Crippen LogP contribution in [0.4, 0.5) is 0 Å². The van der Waals surface area contributed by atoms with Crippen LogP contribution >= 0.6 is 0 Å². The molecule has 0 aromatic rings. The number of allylic oxidation sites excluding steroid dienone is 2. The van der Waals surface area contributed by atoms with E-state index in [0.717, 1.165) is 12.8 Å². The summed E-state index contributed by atoms with van der Waals surface area (Å²) in [5, 5.41) is 12.7. The molecule has 0 radical (unpaired) electrons. The van der Waals surface area contributed by atoms with Crippen LogP contribution in [-0.2, 0) is 20.6 Å². The van der Waals surface area contributed by atoms with Gasteiger partial charge in [-0.05, 0) is 12.5 Å². The van der Waals surface area contributed by atoms with Gasteiger partial charge in [0, 0.05) is 12.8 Å². The smallest absolute Gasteiger partial charge is 0.217 e. The van der Waals surface area contributed by atoms with Crippen molar-refractivity contribution >= 4 is 36.0 Å². The van der Waals surface area contributed by atoms with Crippen LogP contribution in [0.3, 0.4) is 0 Å². The molecule has 0 heterocycles. The summed E-state index contributed by atoms with van der Waals surface area (Å²) < 4.78 is 44.1. The molecule has 0 saturated carbocycles. The van der Waals surface area contributed by atoms with Gasteiger partial charge in [-0.2, -0.15) is 16.8 Å². The summed E-state index contributed by atoms with van der Waals surface area (Å²) in [5.74, 6) is -0.658. The van der Waals surface area contributed by atoms with Gasteiger partial charge in [0.25, 0.3) is 0 Å². The summed E-state index contributed by atoms with van der Waals surface area (Å²) in [5.41, 5.74) is 0.355. The van der Waals surface area contributed by atoms with E-state index in [4.69, 9.17) is 0 Å². The standard InChI is InChI=1S/C11H15NO5S2/c1-2-3-4-10(12-13)9-6-5-8(18(14)15)7-11(9)19(16)17/h5-6,9,12H,2-4,7H2,1H3. The Kier molecular flexibility index (Phi) is 5.97. The largest absolute Gasteiger partial charge is 0.625 e. The Morgan fingerprint density at radius 1 is 1.37 bits per heavy atom. The van der Waals surface area contributed by atoms with Gasteiger partial charge in [0.05, 0.1) is 15.6 Å². The topological polar surface area (TPSA) is 105 Å². The molecule has 0 aromatic carbocycles. The van der Waals surface area contributed by atoms with Gasteiger partial charge in [-0.3, -0.25) is 0 Å². The molecule has 1 N–H and O–H groups in total. The first-order valence-corrected chi connectivity index (χ1v) is 7.98. The van der Waals surface area contributed by atoms with E-state index in [1.165, 1.54) is 12.2 Å². The zero-order valence-corrected chi connectivity index (χ0v) is 12.1. The van der Waals surface area contributed by atoms with E-state index in [9.17, 15) is 22.0 Å². The zero-order chi connectivity index (χ0) is 14.4. The number of hydrogen-bond donors (Lipinski definition) is 1. The van der Waals surface area contributed by atoms with E-state index in [-0.39, 0.29) is 16.1 Å². The highest BCUT2D eigenvalue weighted by molar-refractivity contribution is 7.75. The van der Waals surface area contributed by atoms with Crippen molar-refractivity contribution in [1.82, 2.24) is 0 Å². The van der Waals surface area contributed by atoms with Gasteiger partial charge in [-0.15, -0.1) is 0 Å². The lowest BCUT2D eigenvalue weighted by Crippen LogP contribution is -2.68. The monoisotopic (exact) mass is 305 g/mol. The Morgan fingerprint density at radius 2 is 2.05 bits per heavy atom. The van der Waals surface area contributed by atoms with Crippen molar-refractivity contribution in [2.24, 2.45) is 5.92 Å². The third-order valence-corrected chi connectivity index (χ3v) is 4.44. The quantitative estimate of drug-likeness (QED) is 0.306. The normalized spacial score (nSPS) is 19.6. The van der Waals surface area contributed by atoms with Crippen molar-refractivity contribution in [3.63, 3.8) is 0 Å². The van der Waals surface area contributed by atoms with Crippen molar-refractivity contribution in [3.8, 4) is 0 Å². The predicted octanol–water partition coefficient (Wildman–Crippen LogP) is -1.12. The van der Waals surface area contributed by atoms with Crippen LogP contribution in [0.5, 0.6) is 0 Å². The first-order valence-electron chi connectivity index (χ1n) is 5.83. The Morgan fingerprint density at radius 3 is 2.53 bits per heavy atom. The second-order valence-electron chi connectivity index (χ2n) is 4.15. The van der Waals surface area contributed by atoms with Crippen LogP contribution < -0.4 is 5.16 Å². The predicted molar refractivity (Wildman–Crippen MR) is 74.0 cm³/mol. The minimum absolute atomic E-state index is 0.0103. The first-order chi connectivity index (χ1) is 9.01. The van der Waals surface area contributed by atoms with Gasteiger partial charge < -0.3 is 5.21 Å². The Balaban J connectivity index is 3.24. The average Bonchev–Trinajstić information content (AvgIpc) is 2.39. The fourth-order valence-corrected chi connectivity index (χ4v) is 3.13. The summed E-state index contributed by atoms with van der Waals surface area (Å²) in [6, 6.07) is 0. The molecule has 0 aliphatic heterocycles. The molecule has 19 heavy (non-hydrogen) atoms. The van der Waals surface area contributed by atoms with E-state index in [1.54, 1.807) is 5.16 Å². The van der Waals surface area contributed by atoms with Gasteiger partial charge in [0.2, 0.25) is 20.6 Å². The van der Waals surface area contributed by atoms with E-state index in [2.05, 4.69) is 0 Å². The third kappa shape index (κ3) is 4.03. The minimum Gasteiger partial charge on any atom is -0.625 e. The molecule has 1 rings (SSSR count). The van der Waals surface area contributed by atoms with E-state index in [1.807, 2.05) is 6.92 Å². The maximum absolute atomic E-state index is 11.2. The van der Waals surface area contributed by atoms with Crippen molar-refractivity contribution in [2.45, 2.75) is 32.6 Å². The maximum atomic E-state index is 11.2. The van der Waals surface area contributed by atoms with Crippen molar-refractivity contribution in [3.05, 3.63) is 17.4 Å². The molecule has 1 atom stereocenters. The van der Waals surface area contributed by atoms with Gasteiger partial charge in [-0.1, -0.05) is 19.4 Å². The fourth-order valence-electron chi connectivity index (χ4n) is 1.88. The Bertz CT molecular complexity index is 652. The van der Waals surface area contributed by atoms with E-state index in [0.29, 0.717) is 12.1 Å². The molecular weight excluding hydrogens is 290 g/mol. The molecular formula is C11H15NO5S2. The van der Waals surface area contributed by atoms with Gasteiger partial charge >= 0.3 is 0 Å². The summed E-state index contributed by atoms with van der Waals surface area (Å²) in [4.78, 5) is 0.0207. The number of rotatable bonds is 4. The molecule has 0 fully saturated rings. The fraction of sp³-hybridized carbons (Fsp3) is 0.545. The SMILES string of the molecule is CCCCC(=[NH+][O-])C1C=CC(=S(=O)=O)CC1=S(=O)=O. The maximum Gasteiger partial charge on any atom is 0.217 e. The Hall–Kier alpha value is -1.41. The van der Waals surface area contributed by atoms with Crippen LogP contribution in [0.25, 0.3) is 0 Å².